The highest BCUT2D eigenvalue weighted by Gasteiger charge is 2.05. The number of nitrogens with one attached hydrogen (secondary N) is 2. The number of nitrogens with zero attached hydrogens (tertiary/aromatic N) is 2. The summed E-state index contributed by atoms with van der Waals surface area (Å²) in [4.78, 5) is 4.43. The van der Waals surface area contributed by atoms with Crippen LogP contribution in [0.1, 0.15) is 5.56 Å². The van der Waals surface area contributed by atoms with E-state index in [1.165, 1.54) is 11.3 Å². The molecule has 0 radical (unpaired) electrons. The van der Waals surface area contributed by atoms with E-state index >= 15 is 0 Å². The molecule has 0 aliphatic rings. The molecule has 3 rings (SSSR count). The number of thiazole rings is 1. The zero-order valence-corrected chi connectivity index (χ0v) is 15.0. The lowest BCUT2D eigenvalue weighted by atomic mass is 10.2. The van der Waals surface area contributed by atoms with E-state index < -0.39 is 0 Å². The third kappa shape index (κ3) is 4.19. The number of anilines is 1. The molecule has 0 fully saturated rings. The molecule has 0 unspecified atom stereocenters. The van der Waals surface area contributed by atoms with Crippen LogP contribution in [0.5, 0.6) is 5.75 Å². The SMILES string of the molecule is COc1ccc(/C=N/NC(=S)Nc2nc3ccc(Cl)cc3s2)cc1. The van der Waals surface area contributed by atoms with Crippen LogP contribution in [0.4, 0.5) is 5.13 Å². The normalized spacial score (nSPS) is 10.9. The molecule has 0 spiro atoms. The maximum absolute atomic E-state index is 5.97. The van der Waals surface area contributed by atoms with Gasteiger partial charge in [-0.2, -0.15) is 5.10 Å². The van der Waals surface area contributed by atoms with E-state index in [1.807, 2.05) is 42.5 Å². The van der Waals surface area contributed by atoms with Gasteiger partial charge in [-0.25, -0.2) is 4.98 Å². The van der Waals surface area contributed by atoms with Gasteiger partial charge in [0, 0.05) is 5.02 Å². The van der Waals surface area contributed by atoms with Gasteiger partial charge in [0.15, 0.2) is 10.2 Å². The van der Waals surface area contributed by atoms with Crippen molar-refractivity contribution in [3.63, 3.8) is 0 Å². The maximum atomic E-state index is 5.97. The Kier molecular flexibility index (Phi) is 5.24. The molecule has 8 heteroatoms. The predicted molar refractivity (Wildman–Crippen MR) is 105 cm³/mol. The minimum atomic E-state index is 0.366. The number of ether oxygens (including phenoxy) is 1. The van der Waals surface area contributed by atoms with E-state index in [-0.39, 0.29) is 0 Å². The topological polar surface area (TPSA) is 58.5 Å². The first-order valence-corrected chi connectivity index (χ1v) is 8.54. The summed E-state index contributed by atoms with van der Waals surface area (Å²) < 4.78 is 6.10. The van der Waals surface area contributed by atoms with Crippen molar-refractivity contribution in [1.82, 2.24) is 10.4 Å². The van der Waals surface area contributed by atoms with Gasteiger partial charge in [0.05, 0.1) is 23.5 Å². The van der Waals surface area contributed by atoms with E-state index in [0.717, 1.165) is 21.5 Å². The van der Waals surface area contributed by atoms with Crippen molar-refractivity contribution in [3.8, 4) is 5.75 Å². The summed E-state index contributed by atoms with van der Waals surface area (Å²) in [5.74, 6) is 0.799. The van der Waals surface area contributed by atoms with Gasteiger partial charge in [-0.05, 0) is 60.2 Å². The van der Waals surface area contributed by atoms with Gasteiger partial charge in [-0.15, -0.1) is 0 Å². The quantitative estimate of drug-likeness (QED) is 0.404. The number of fused-ring (bicyclic) bond motifs is 1. The molecule has 0 saturated heterocycles. The summed E-state index contributed by atoms with van der Waals surface area (Å²) >= 11 is 12.7. The van der Waals surface area contributed by atoms with E-state index in [1.54, 1.807) is 13.3 Å². The number of hydrogen-bond acceptors (Lipinski definition) is 5. The predicted octanol–water partition coefficient (Wildman–Crippen LogP) is 4.28. The van der Waals surface area contributed by atoms with Crippen LogP contribution in [0.2, 0.25) is 5.02 Å². The van der Waals surface area contributed by atoms with Crippen LogP contribution in [-0.2, 0) is 0 Å². The van der Waals surface area contributed by atoms with Gasteiger partial charge < -0.3 is 10.1 Å². The molecule has 3 aromatic rings. The minimum Gasteiger partial charge on any atom is -0.497 e. The molecule has 0 bridgehead atoms. The van der Waals surface area contributed by atoms with E-state index in [0.29, 0.717) is 15.3 Å². The van der Waals surface area contributed by atoms with Crippen molar-refractivity contribution in [3.05, 3.63) is 53.1 Å². The third-order valence-electron chi connectivity index (χ3n) is 3.07. The van der Waals surface area contributed by atoms with E-state index in [9.17, 15) is 0 Å². The van der Waals surface area contributed by atoms with Crippen LogP contribution in [0.15, 0.2) is 47.6 Å². The fraction of sp³-hybridized carbons (Fsp3) is 0.0625. The number of benzene rings is 2. The molecule has 2 N–H and O–H groups in total. The highest BCUT2D eigenvalue weighted by Crippen LogP contribution is 2.28. The summed E-state index contributed by atoms with van der Waals surface area (Å²) in [6, 6.07) is 13.1. The summed E-state index contributed by atoms with van der Waals surface area (Å²) in [5.41, 5.74) is 4.57. The Morgan fingerprint density at radius 3 is 2.83 bits per heavy atom. The lowest BCUT2D eigenvalue weighted by Gasteiger charge is -2.03. The van der Waals surface area contributed by atoms with Gasteiger partial charge in [0.25, 0.3) is 0 Å². The highest BCUT2D eigenvalue weighted by molar-refractivity contribution is 7.80. The average molecular weight is 377 g/mol. The molecule has 0 atom stereocenters. The Labute approximate surface area is 153 Å². The fourth-order valence-corrected chi connectivity index (χ4v) is 3.29. The summed E-state index contributed by atoms with van der Waals surface area (Å²) in [7, 11) is 1.63. The molecule has 0 aliphatic heterocycles. The van der Waals surface area contributed by atoms with Crippen molar-refractivity contribution in [2.75, 3.05) is 12.4 Å². The smallest absolute Gasteiger partial charge is 0.193 e. The molecule has 5 nitrogen and oxygen atoms in total. The van der Waals surface area contributed by atoms with Crippen molar-refractivity contribution >= 4 is 61.8 Å². The second-order valence-electron chi connectivity index (χ2n) is 4.73. The Hall–Kier alpha value is -2.22. The molecule has 24 heavy (non-hydrogen) atoms. The van der Waals surface area contributed by atoms with Crippen LogP contribution < -0.4 is 15.5 Å². The van der Waals surface area contributed by atoms with Crippen LogP contribution in [0.25, 0.3) is 10.2 Å². The number of methoxy groups -OCH3 is 1. The van der Waals surface area contributed by atoms with Crippen molar-refractivity contribution in [2.24, 2.45) is 5.10 Å². The Balaban J connectivity index is 1.58. The first-order chi connectivity index (χ1) is 11.6. The van der Waals surface area contributed by atoms with Crippen LogP contribution in [0, 0.1) is 0 Å². The van der Waals surface area contributed by atoms with Gasteiger partial charge in [0.1, 0.15) is 5.75 Å². The molecule has 122 valence electrons. The van der Waals surface area contributed by atoms with E-state index in [4.69, 9.17) is 28.6 Å². The fourth-order valence-electron chi connectivity index (χ4n) is 1.93. The monoisotopic (exact) mass is 376 g/mol. The van der Waals surface area contributed by atoms with Crippen LogP contribution in [-0.4, -0.2) is 23.4 Å². The highest BCUT2D eigenvalue weighted by atomic mass is 35.5. The maximum Gasteiger partial charge on any atom is 0.193 e. The van der Waals surface area contributed by atoms with Crippen molar-refractivity contribution < 1.29 is 4.74 Å². The first-order valence-electron chi connectivity index (χ1n) is 6.94. The second-order valence-corrected chi connectivity index (χ2v) is 6.60. The number of hydrazone groups is 1. The number of rotatable bonds is 4. The van der Waals surface area contributed by atoms with Gasteiger partial charge in [-0.1, -0.05) is 22.9 Å². The van der Waals surface area contributed by atoms with Gasteiger partial charge >= 0.3 is 0 Å². The molecular weight excluding hydrogens is 364 g/mol. The van der Waals surface area contributed by atoms with Gasteiger partial charge in [0.2, 0.25) is 0 Å². The molecule has 0 saturated carbocycles. The van der Waals surface area contributed by atoms with Crippen LogP contribution in [0.3, 0.4) is 0 Å². The number of aromatic nitrogens is 1. The molecule has 0 amide bonds. The zero-order chi connectivity index (χ0) is 16.9. The van der Waals surface area contributed by atoms with Gasteiger partial charge in [-0.3, -0.25) is 5.43 Å². The molecule has 1 aromatic heterocycles. The zero-order valence-electron chi connectivity index (χ0n) is 12.6. The lowest BCUT2D eigenvalue weighted by Crippen LogP contribution is -2.23. The summed E-state index contributed by atoms with van der Waals surface area (Å²) in [6.45, 7) is 0. The molecule has 2 aromatic carbocycles. The minimum absolute atomic E-state index is 0.366. The van der Waals surface area contributed by atoms with Crippen molar-refractivity contribution in [2.45, 2.75) is 0 Å². The van der Waals surface area contributed by atoms with Crippen molar-refractivity contribution in [1.29, 1.82) is 0 Å². The largest absolute Gasteiger partial charge is 0.497 e. The Morgan fingerprint density at radius 2 is 2.08 bits per heavy atom. The summed E-state index contributed by atoms with van der Waals surface area (Å²) in [5, 5.41) is 8.84. The lowest BCUT2D eigenvalue weighted by molar-refractivity contribution is 0.415. The van der Waals surface area contributed by atoms with E-state index in [2.05, 4.69) is 20.8 Å². The Morgan fingerprint density at radius 1 is 1.29 bits per heavy atom. The standard InChI is InChI=1S/C16H13ClN4OS2/c1-22-12-5-2-10(3-6-12)9-18-21-15(23)20-16-19-13-7-4-11(17)8-14(13)24-16/h2-9H,1H3,(H2,19,20,21,23)/b18-9+. The number of halogens is 1. The summed E-state index contributed by atoms with van der Waals surface area (Å²) in [6.07, 6.45) is 1.67. The average Bonchev–Trinajstić information content (AvgIpc) is 2.96. The molecular formula is C16H13ClN4OS2. The third-order valence-corrected chi connectivity index (χ3v) is 4.43. The molecule has 1 heterocycles. The molecule has 0 aliphatic carbocycles. The number of thiocarbonyl (C=S) groups is 1. The number of hydrogen-bond donors (Lipinski definition) is 2. The van der Waals surface area contributed by atoms with Crippen LogP contribution >= 0.6 is 35.2 Å². The second kappa shape index (κ2) is 7.57. The first kappa shape index (κ1) is 16.6. The Bertz CT molecular complexity index is 893.